The second-order valence-electron chi connectivity index (χ2n) is 5.05. The number of alkyl halides is 3. The molecule has 0 aromatic carbocycles. The van der Waals surface area contributed by atoms with Crippen molar-refractivity contribution in [2.45, 2.75) is 19.1 Å². The smallest absolute Gasteiger partial charge is 0.422 e. The van der Waals surface area contributed by atoms with Gasteiger partial charge in [0.25, 0.3) is 0 Å². The number of rotatable bonds is 5. The van der Waals surface area contributed by atoms with E-state index >= 15 is 0 Å². The maximum Gasteiger partial charge on any atom is 0.422 e. The van der Waals surface area contributed by atoms with Crippen molar-refractivity contribution in [1.82, 2.24) is 19.9 Å². The summed E-state index contributed by atoms with van der Waals surface area (Å²) < 4.78 is 40.8. The fraction of sp³-hybridized carbons (Fsp3) is 0.286. The van der Waals surface area contributed by atoms with Crippen LogP contribution in [-0.2, 0) is 0 Å². The van der Waals surface area contributed by atoms with Crippen molar-refractivity contribution in [3.8, 4) is 6.01 Å². The average Bonchev–Trinajstić information content (AvgIpc) is 2.95. The van der Waals surface area contributed by atoms with E-state index in [4.69, 9.17) is 11.6 Å². The van der Waals surface area contributed by atoms with Gasteiger partial charge in [0.05, 0.1) is 16.5 Å². The number of nitrogens with one attached hydrogen (secondary N) is 1. The maximum atomic E-state index is 12.1. The number of ether oxygens (including phenoxy) is 1. The number of anilines is 1. The molecular formula is C14H11ClF3N5OS. The number of aromatic nitrogens is 4. The van der Waals surface area contributed by atoms with Gasteiger partial charge in [-0.15, -0.1) is 11.3 Å². The van der Waals surface area contributed by atoms with Gasteiger partial charge in [-0.2, -0.15) is 13.2 Å². The molecule has 0 radical (unpaired) electrons. The van der Waals surface area contributed by atoms with Crippen molar-refractivity contribution in [3.05, 3.63) is 34.7 Å². The van der Waals surface area contributed by atoms with Crippen LogP contribution in [0.2, 0.25) is 5.02 Å². The topological polar surface area (TPSA) is 72.8 Å². The highest BCUT2D eigenvalue weighted by Crippen LogP contribution is 2.34. The first-order chi connectivity index (χ1) is 11.8. The van der Waals surface area contributed by atoms with Gasteiger partial charge in [0, 0.05) is 23.3 Å². The molecule has 0 saturated heterocycles. The number of halogens is 4. The lowest BCUT2D eigenvalue weighted by atomic mass is 10.2. The van der Waals surface area contributed by atoms with Gasteiger partial charge in [-0.05, 0) is 6.92 Å². The summed E-state index contributed by atoms with van der Waals surface area (Å²) in [4.78, 5) is 16.7. The van der Waals surface area contributed by atoms with Crippen LogP contribution in [0.25, 0.3) is 10.2 Å². The van der Waals surface area contributed by atoms with Crippen LogP contribution in [0.1, 0.15) is 18.5 Å². The fourth-order valence-corrected chi connectivity index (χ4v) is 3.14. The molecule has 1 atom stereocenters. The van der Waals surface area contributed by atoms with Crippen molar-refractivity contribution in [2.75, 3.05) is 11.9 Å². The first-order valence-electron chi connectivity index (χ1n) is 6.99. The lowest BCUT2D eigenvalue weighted by molar-refractivity contribution is -0.154. The molecule has 0 bridgehead atoms. The van der Waals surface area contributed by atoms with Gasteiger partial charge in [-0.3, -0.25) is 0 Å². The second-order valence-corrected chi connectivity index (χ2v) is 6.32. The van der Waals surface area contributed by atoms with Gasteiger partial charge < -0.3 is 10.1 Å². The molecule has 3 heterocycles. The molecule has 1 unspecified atom stereocenters. The van der Waals surface area contributed by atoms with E-state index in [0.717, 1.165) is 4.83 Å². The molecule has 132 valence electrons. The minimum Gasteiger partial charge on any atom is -0.454 e. The molecule has 0 saturated carbocycles. The van der Waals surface area contributed by atoms with Crippen LogP contribution in [0, 0.1) is 0 Å². The van der Waals surface area contributed by atoms with E-state index in [1.807, 2.05) is 6.92 Å². The Morgan fingerprint density at radius 1 is 1.24 bits per heavy atom. The highest BCUT2D eigenvalue weighted by Gasteiger charge is 2.29. The highest BCUT2D eigenvalue weighted by molar-refractivity contribution is 7.17. The van der Waals surface area contributed by atoms with Crippen LogP contribution in [-0.4, -0.2) is 32.7 Å². The molecule has 0 aliphatic heterocycles. The molecule has 3 aromatic rings. The lowest BCUT2D eigenvalue weighted by Gasteiger charge is -2.15. The molecular weight excluding hydrogens is 379 g/mol. The molecule has 0 aliphatic carbocycles. The van der Waals surface area contributed by atoms with Crippen molar-refractivity contribution < 1.29 is 17.9 Å². The van der Waals surface area contributed by atoms with Crippen molar-refractivity contribution in [3.63, 3.8) is 0 Å². The zero-order valence-corrected chi connectivity index (χ0v) is 14.3. The van der Waals surface area contributed by atoms with Gasteiger partial charge in [0.1, 0.15) is 17.0 Å². The molecule has 11 heteroatoms. The number of thiophene rings is 1. The average molecular weight is 390 g/mol. The highest BCUT2D eigenvalue weighted by atomic mass is 35.5. The monoisotopic (exact) mass is 389 g/mol. The molecule has 0 amide bonds. The van der Waals surface area contributed by atoms with Crippen molar-refractivity contribution >= 4 is 39.0 Å². The summed E-state index contributed by atoms with van der Waals surface area (Å²) in [7, 11) is 0. The zero-order valence-electron chi connectivity index (χ0n) is 12.7. The van der Waals surface area contributed by atoms with E-state index < -0.39 is 12.8 Å². The number of fused-ring (bicyclic) bond motifs is 1. The summed E-state index contributed by atoms with van der Waals surface area (Å²) in [6, 6.07) is -0.593. The predicted molar refractivity (Wildman–Crippen MR) is 88.0 cm³/mol. The fourth-order valence-electron chi connectivity index (χ4n) is 2.01. The Balaban J connectivity index is 1.72. The summed E-state index contributed by atoms with van der Waals surface area (Å²) in [6.07, 6.45) is -0.224. The normalized spacial score (nSPS) is 13.0. The number of hydrogen-bond acceptors (Lipinski definition) is 7. The molecule has 3 aromatic heterocycles. The van der Waals surface area contributed by atoms with Crippen molar-refractivity contribution in [2.24, 2.45) is 0 Å². The number of hydrogen-bond donors (Lipinski definition) is 1. The molecule has 1 N–H and O–H groups in total. The van der Waals surface area contributed by atoms with Crippen molar-refractivity contribution in [1.29, 1.82) is 0 Å². The molecule has 25 heavy (non-hydrogen) atoms. The Morgan fingerprint density at radius 3 is 2.64 bits per heavy atom. The summed E-state index contributed by atoms with van der Waals surface area (Å²) in [6.45, 7) is 0.402. The third-order valence-electron chi connectivity index (χ3n) is 3.19. The Kier molecular flexibility index (Phi) is 4.91. The van der Waals surface area contributed by atoms with E-state index in [-0.39, 0.29) is 12.1 Å². The Morgan fingerprint density at radius 2 is 1.96 bits per heavy atom. The van der Waals surface area contributed by atoms with Gasteiger partial charge in [-0.1, -0.05) is 11.6 Å². The van der Waals surface area contributed by atoms with Crippen LogP contribution in [0.3, 0.4) is 0 Å². The summed E-state index contributed by atoms with van der Waals surface area (Å²) in [5.41, 5.74) is 0.650. The number of nitrogens with zero attached hydrogens (tertiary/aromatic N) is 4. The van der Waals surface area contributed by atoms with Gasteiger partial charge >= 0.3 is 12.2 Å². The molecule has 3 rings (SSSR count). The van der Waals surface area contributed by atoms with Gasteiger partial charge in [0.15, 0.2) is 6.61 Å². The van der Waals surface area contributed by atoms with Gasteiger partial charge in [-0.25, -0.2) is 19.9 Å². The summed E-state index contributed by atoms with van der Waals surface area (Å²) in [5, 5.41) is 6.20. The van der Waals surface area contributed by atoms with E-state index in [9.17, 15) is 13.2 Å². The predicted octanol–water partition coefficient (Wildman–Crippen LogP) is 4.25. The van der Waals surface area contributed by atoms with Gasteiger partial charge in [0.2, 0.25) is 0 Å². The quantitative estimate of drug-likeness (QED) is 0.703. The zero-order chi connectivity index (χ0) is 18.0. The van der Waals surface area contributed by atoms with Crippen LogP contribution in [0.5, 0.6) is 6.01 Å². The Bertz CT molecular complexity index is 871. The molecule has 0 fully saturated rings. The Labute approximate surface area is 149 Å². The van der Waals surface area contributed by atoms with Crippen LogP contribution in [0.15, 0.2) is 24.1 Å². The van der Waals surface area contributed by atoms with Crippen LogP contribution >= 0.6 is 22.9 Å². The van der Waals surface area contributed by atoms with E-state index in [2.05, 4.69) is 30.0 Å². The van der Waals surface area contributed by atoms with E-state index in [1.165, 1.54) is 30.1 Å². The summed E-state index contributed by atoms with van der Waals surface area (Å²) in [5.74, 6) is 0.557. The van der Waals surface area contributed by atoms with Crippen LogP contribution in [0.4, 0.5) is 19.0 Å². The minimum atomic E-state index is -4.44. The molecule has 0 aliphatic rings. The SMILES string of the molecule is CC(Nc1ncnc2scc(Cl)c12)c1cnc(OCC(F)(F)F)nc1. The van der Waals surface area contributed by atoms with Crippen LogP contribution < -0.4 is 10.1 Å². The molecule has 0 spiro atoms. The standard InChI is InChI=1S/C14H11ClF3N5OS/c1-7(8-2-19-13(20-3-8)24-5-14(16,17)18)23-11-10-9(15)4-25-12(10)22-6-21-11/h2-4,6-7H,5H2,1H3,(H,21,22,23). The van der Waals surface area contributed by atoms with E-state index in [1.54, 1.807) is 5.38 Å². The second kappa shape index (κ2) is 6.96. The third kappa shape index (κ3) is 4.26. The molecule has 6 nitrogen and oxygen atoms in total. The van der Waals surface area contributed by atoms with E-state index in [0.29, 0.717) is 21.8 Å². The lowest BCUT2D eigenvalue weighted by Crippen LogP contribution is -2.20. The largest absolute Gasteiger partial charge is 0.454 e. The maximum absolute atomic E-state index is 12.1. The Hall–Kier alpha value is -2.20. The first-order valence-corrected chi connectivity index (χ1v) is 8.25. The third-order valence-corrected chi connectivity index (χ3v) is 4.51. The summed E-state index contributed by atoms with van der Waals surface area (Å²) >= 11 is 7.56. The minimum absolute atomic E-state index is 0.259. The first kappa shape index (κ1) is 17.6.